The molecule has 2 rings (SSSR count). The van der Waals surface area contributed by atoms with Gasteiger partial charge in [-0.3, -0.25) is 4.79 Å². The van der Waals surface area contributed by atoms with E-state index in [1.54, 1.807) is 24.1 Å². The monoisotopic (exact) mass is 276 g/mol. The Bertz CT molecular complexity index is 504. The van der Waals surface area contributed by atoms with Crippen molar-refractivity contribution >= 4 is 17.6 Å². The second-order valence-electron chi connectivity index (χ2n) is 5.55. The lowest BCUT2D eigenvalue weighted by Gasteiger charge is -2.26. The van der Waals surface area contributed by atoms with Crippen molar-refractivity contribution in [3.63, 3.8) is 0 Å². The Morgan fingerprint density at radius 1 is 1.25 bits per heavy atom. The number of hydrogen-bond donors (Lipinski definition) is 2. The fourth-order valence-corrected chi connectivity index (χ4v) is 2.65. The molecule has 1 aromatic carbocycles. The van der Waals surface area contributed by atoms with Crippen LogP contribution in [0.4, 0.5) is 5.69 Å². The number of nitrogens with two attached hydrogens (primary N) is 1. The van der Waals surface area contributed by atoms with Crippen molar-refractivity contribution < 1.29 is 14.7 Å². The summed E-state index contributed by atoms with van der Waals surface area (Å²) in [4.78, 5) is 24.6. The number of benzene rings is 1. The third-order valence-electron chi connectivity index (χ3n) is 3.98. The zero-order valence-corrected chi connectivity index (χ0v) is 11.6. The predicted octanol–water partition coefficient (Wildman–Crippen LogP) is 2.01. The fourth-order valence-electron chi connectivity index (χ4n) is 2.65. The van der Waals surface area contributed by atoms with Gasteiger partial charge in [0.1, 0.15) is 0 Å². The van der Waals surface area contributed by atoms with Gasteiger partial charge in [0.05, 0.1) is 5.56 Å². The topological polar surface area (TPSA) is 83.6 Å². The van der Waals surface area contributed by atoms with Crippen LogP contribution in [0.1, 0.15) is 42.5 Å². The Morgan fingerprint density at radius 3 is 2.30 bits per heavy atom. The number of rotatable bonds is 4. The van der Waals surface area contributed by atoms with Crippen LogP contribution in [-0.2, 0) is 4.79 Å². The molecule has 0 atom stereocenters. The van der Waals surface area contributed by atoms with E-state index in [4.69, 9.17) is 10.8 Å². The number of carbonyl (C=O) groups is 2. The molecule has 0 bridgehead atoms. The molecule has 1 aromatic rings. The first-order valence-electron chi connectivity index (χ1n) is 6.80. The second-order valence-corrected chi connectivity index (χ2v) is 5.55. The lowest BCUT2D eigenvalue weighted by Crippen LogP contribution is -2.42. The minimum atomic E-state index is -0.975. The molecular formula is C15H20N2O3. The Labute approximate surface area is 118 Å². The molecule has 1 fully saturated rings. The van der Waals surface area contributed by atoms with Crippen LogP contribution in [0.2, 0.25) is 0 Å². The summed E-state index contributed by atoms with van der Waals surface area (Å²) in [6.45, 7) is 0. The zero-order valence-electron chi connectivity index (χ0n) is 11.6. The van der Waals surface area contributed by atoms with Gasteiger partial charge in [0.15, 0.2) is 0 Å². The molecule has 1 aliphatic carbocycles. The first-order valence-corrected chi connectivity index (χ1v) is 6.80. The van der Waals surface area contributed by atoms with E-state index in [9.17, 15) is 9.59 Å². The number of anilines is 1. The van der Waals surface area contributed by atoms with Crippen molar-refractivity contribution in [1.29, 1.82) is 0 Å². The number of nitrogens with zero attached hydrogens (tertiary/aromatic N) is 1. The molecule has 0 spiro atoms. The van der Waals surface area contributed by atoms with E-state index in [0.717, 1.165) is 25.7 Å². The van der Waals surface area contributed by atoms with Crippen molar-refractivity contribution in [3.05, 3.63) is 29.8 Å². The minimum absolute atomic E-state index is 0.0301. The Kier molecular flexibility index (Phi) is 4.09. The Balaban J connectivity index is 2.04. The van der Waals surface area contributed by atoms with E-state index in [1.165, 1.54) is 12.1 Å². The molecule has 3 N–H and O–H groups in total. The first-order chi connectivity index (χ1) is 9.41. The minimum Gasteiger partial charge on any atom is -0.478 e. The van der Waals surface area contributed by atoms with Crippen LogP contribution in [0, 0.1) is 0 Å². The van der Waals surface area contributed by atoms with Crippen LogP contribution in [-0.4, -0.2) is 29.6 Å². The van der Waals surface area contributed by atoms with E-state index in [2.05, 4.69) is 0 Å². The first kappa shape index (κ1) is 14.5. The molecule has 0 saturated heterocycles. The maximum Gasteiger partial charge on any atom is 0.335 e. The van der Waals surface area contributed by atoms with Crippen molar-refractivity contribution in [2.75, 3.05) is 11.9 Å². The summed E-state index contributed by atoms with van der Waals surface area (Å²) >= 11 is 0. The summed E-state index contributed by atoms with van der Waals surface area (Å²) in [5, 5.41) is 8.85. The standard InChI is InChI=1S/C15H20N2O3/c1-17(12-6-4-11(5-7-12)14(19)20)13(18)10-15(16)8-2-3-9-15/h4-7H,2-3,8-10,16H2,1H3,(H,19,20). The van der Waals surface area contributed by atoms with E-state index >= 15 is 0 Å². The fraction of sp³-hybridized carbons (Fsp3) is 0.467. The summed E-state index contributed by atoms with van der Waals surface area (Å²) in [7, 11) is 1.69. The molecule has 1 aliphatic rings. The normalized spacial score (nSPS) is 16.9. The van der Waals surface area contributed by atoms with Gasteiger partial charge < -0.3 is 15.7 Å². The summed E-state index contributed by atoms with van der Waals surface area (Å²) in [6, 6.07) is 6.27. The summed E-state index contributed by atoms with van der Waals surface area (Å²) in [5.74, 6) is -1.00. The zero-order chi connectivity index (χ0) is 14.8. The van der Waals surface area contributed by atoms with Gasteiger partial charge in [0.25, 0.3) is 0 Å². The van der Waals surface area contributed by atoms with Gasteiger partial charge in [-0.25, -0.2) is 4.79 Å². The molecule has 0 unspecified atom stereocenters. The van der Waals surface area contributed by atoms with Crippen molar-refractivity contribution in [1.82, 2.24) is 0 Å². The highest BCUT2D eigenvalue weighted by atomic mass is 16.4. The van der Waals surface area contributed by atoms with Crippen LogP contribution in [0.25, 0.3) is 0 Å². The molecule has 20 heavy (non-hydrogen) atoms. The quantitative estimate of drug-likeness (QED) is 0.881. The highest BCUT2D eigenvalue weighted by Crippen LogP contribution is 2.31. The molecule has 0 aromatic heterocycles. The van der Waals surface area contributed by atoms with Crippen LogP contribution >= 0.6 is 0 Å². The average molecular weight is 276 g/mol. The molecule has 108 valence electrons. The number of amides is 1. The predicted molar refractivity (Wildman–Crippen MR) is 76.8 cm³/mol. The van der Waals surface area contributed by atoms with Crippen molar-refractivity contribution in [3.8, 4) is 0 Å². The molecule has 0 aliphatic heterocycles. The highest BCUT2D eigenvalue weighted by molar-refractivity contribution is 5.94. The van der Waals surface area contributed by atoms with Gasteiger partial charge in [-0.05, 0) is 37.1 Å². The van der Waals surface area contributed by atoms with E-state index in [-0.39, 0.29) is 17.0 Å². The highest BCUT2D eigenvalue weighted by Gasteiger charge is 2.32. The number of carboxylic acid groups (broad SMARTS) is 1. The maximum atomic E-state index is 12.3. The second kappa shape index (κ2) is 5.63. The van der Waals surface area contributed by atoms with Crippen LogP contribution in [0.5, 0.6) is 0 Å². The van der Waals surface area contributed by atoms with Gasteiger partial charge in [0, 0.05) is 24.7 Å². The van der Waals surface area contributed by atoms with Gasteiger partial charge in [-0.15, -0.1) is 0 Å². The molecule has 5 heteroatoms. The maximum absolute atomic E-state index is 12.3. The number of aromatic carboxylic acids is 1. The van der Waals surface area contributed by atoms with E-state index in [1.807, 2.05) is 0 Å². The largest absolute Gasteiger partial charge is 0.478 e. The lowest BCUT2D eigenvalue weighted by atomic mass is 9.94. The third-order valence-corrected chi connectivity index (χ3v) is 3.98. The molecule has 5 nitrogen and oxygen atoms in total. The lowest BCUT2D eigenvalue weighted by molar-refractivity contribution is -0.119. The summed E-state index contributed by atoms with van der Waals surface area (Å²) < 4.78 is 0. The number of carbonyl (C=O) groups excluding carboxylic acids is 1. The van der Waals surface area contributed by atoms with E-state index in [0.29, 0.717) is 12.1 Å². The Hall–Kier alpha value is -1.88. The molecule has 0 radical (unpaired) electrons. The van der Waals surface area contributed by atoms with Gasteiger partial charge >= 0.3 is 5.97 Å². The third kappa shape index (κ3) is 3.17. The summed E-state index contributed by atoms with van der Waals surface area (Å²) in [5.41, 5.74) is 6.74. The van der Waals surface area contributed by atoms with Gasteiger partial charge in [-0.1, -0.05) is 12.8 Å². The van der Waals surface area contributed by atoms with Gasteiger partial charge in [0.2, 0.25) is 5.91 Å². The average Bonchev–Trinajstić information content (AvgIpc) is 2.84. The van der Waals surface area contributed by atoms with Crippen LogP contribution in [0.3, 0.4) is 0 Å². The van der Waals surface area contributed by atoms with Crippen LogP contribution in [0.15, 0.2) is 24.3 Å². The SMILES string of the molecule is CN(C(=O)CC1(N)CCCC1)c1ccc(C(=O)O)cc1. The van der Waals surface area contributed by atoms with Crippen molar-refractivity contribution in [2.24, 2.45) is 5.73 Å². The number of hydrogen-bond acceptors (Lipinski definition) is 3. The van der Waals surface area contributed by atoms with Crippen molar-refractivity contribution in [2.45, 2.75) is 37.6 Å². The molecule has 1 saturated carbocycles. The molecular weight excluding hydrogens is 256 g/mol. The van der Waals surface area contributed by atoms with Gasteiger partial charge in [-0.2, -0.15) is 0 Å². The summed E-state index contributed by atoms with van der Waals surface area (Å²) in [6.07, 6.45) is 4.29. The smallest absolute Gasteiger partial charge is 0.335 e. The molecule has 1 amide bonds. The van der Waals surface area contributed by atoms with E-state index < -0.39 is 5.97 Å². The van der Waals surface area contributed by atoms with Crippen LogP contribution < -0.4 is 10.6 Å². The number of carboxylic acids is 1. The Morgan fingerprint density at radius 2 is 1.80 bits per heavy atom. The molecule has 0 heterocycles.